The molecule has 0 spiro atoms. The summed E-state index contributed by atoms with van der Waals surface area (Å²) in [6.45, 7) is 10.1. The van der Waals surface area contributed by atoms with Crippen LogP contribution in [0.4, 0.5) is 5.95 Å². The number of benzene rings is 1. The van der Waals surface area contributed by atoms with Gasteiger partial charge in [0.1, 0.15) is 5.76 Å². The quantitative estimate of drug-likeness (QED) is 0.559. The first kappa shape index (κ1) is 18.8. The maximum Gasteiger partial charge on any atom is 0.203 e. The lowest BCUT2D eigenvalue weighted by Crippen LogP contribution is -2.44. The SMILES string of the molecule is Cc1ccncc1-c1cc(-c2c(C)noc2C)cc2[nH]c(N3CCN(C)CC3)nc12. The van der Waals surface area contributed by atoms with Crippen LogP contribution >= 0.6 is 0 Å². The van der Waals surface area contributed by atoms with Gasteiger partial charge in [0.25, 0.3) is 0 Å². The zero-order valence-corrected chi connectivity index (χ0v) is 17.9. The maximum absolute atomic E-state index is 5.44. The number of aromatic amines is 1. The fourth-order valence-corrected chi connectivity index (χ4v) is 4.26. The number of nitrogens with zero attached hydrogens (tertiary/aromatic N) is 5. The number of likely N-dealkylation sites (N-methyl/N-ethyl adjacent to an activating group) is 1. The molecule has 0 aliphatic carbocycles. The summed E-state index contributed by atoms with van der Waals surface area (Å²) in [5.74, 6) is 1.75. The Balaban J connectivity index is 1.71. The van der Waals surface area contributed by atoms with Crippen LogP contribution in [0.15, 0.2) is 35.1 Å². The molecule has 4 heterocycles. The Hall–Kier alpha value is -3.19. The minimum atomic E-state index is 0.819. The third-order valence-corrected chi connectivity index (χ3v) is 6.03. The van der Waals surface area contributed by atoms with E-state index >= 15 is 0 Å². The van der Waals surface area contributed by atoms with Crippen molar-refractivity contribution in [3.63, 3.8) is 0 Å². The number of imidazole rings is 1. The molecule has 7 heteroatoms. The highest BCUT2D eigenvalue weighted by Gasteiger charge is 2.21. The van der Waals surface area contributed by atoms with E-state index < -0.39 is 0 Å². The normalized spacial score (nSPS) is 15.3. The lowest BCUT2D eigenvalue weighted by atomic mass is 9.95. The van der Waals surface area contributed by atoms with Crippen molar-refractivity contribution in [1.29, 1.82) is 0 Å². The predicted octanol–water partition coefficient (Wildman–Crippen LogP) is 3.96. The fraction of sp³-hybridized carbons (Fsp3) is 0.348. The van der Waals surface area contributed by atoms with Crippen molar-refractivity contribution in [3.05, 3.63) is 47.6 Å². The number of piperazine rings is 1. The van der Waals surface area contributed by atoms with Crippen molar-refractivity contribution >= 4 is 17.0 Å². The predicted molar refractivity (Wildman–Crippen MR) is 119 cm³/mol. The van der Waals surface area contributed by atoms with Crippen LogP contribution in [-0.2, 0) is 0 Å². The third-order valence-electron chi connectivity index (χ3n) is 6.03. The molecule has 3 aromatic heterocycles. The number of aromatic nitrogens is 4. The molecule has 0 radical (unpaired) electrons. The van der Waals surface area contributed by atoms with E-state index in [9.17, 15) is 0 Å². The van der Waals surface area contributed by atoms with Crippen molar-refractivity contribution in [2.24, 2.45) is 0 Å². The van der Waals surface area contributed by atoms with Crippen LogP contribution in [0.2, 0.25) is 0 Å². The minimum absolute atomic E-state index is 0.819. The molecule has 154 valence electrons. The minimum Gasteiger partial charge on any atom is -0.361 e. The molecule has 0 bridgehead atoms. The Morgan fingerprint density at radius 1 is 1.03 bits per heavy atom. The van der Waals surface area contributed by atoms with Gasteiger partial charge in [-0.25, -0.2) is 4.98 Å². The van der Waals surface area contributed by atoms with Crippen LogP contribution < -0.4 is 4.90 Å². The van der Waals surface area contributed by atoms with Crippen LogP contribution in [0, 0.1) is 20.8 Å². The molecule has 1 N–H and O–H groups in total. The van der Waals surface area contributed by atoms with Crippen molar-refractivity contribution in [3.8, 4) is 22.3 Å². The Morgan fingerprint density at radius 3 is 2.53 bits per heavy atom. The lowest BCUT2D eigenvalue weighted by Gasteiger charge is -2.32. The highest BCUT2D eigenvalue weighted by atomic mass is 16.5. The number of fused-ring (bicyclic) bond motifs is 1. The van der Waals surface area contributed by atoms with Crippen LogP contribution in [-0.4, -0.2) is 58.2 Å². The van der Waals surface area contributed by atoms with Crippen LogP contribution in [0.5, 0.6) is 0 Å². The number of hydrogen-bond donors (Lipinski definition) is 1. The second-order valence-electron chi connectivity index (χ2n) is 8.16. The van der Waals surface area contributed by atoms with Gasteiger partial charge in [0, 0.05) is 55.3 Å². The Morgan fingerprint density at radius 2 is 1.83 bits per heavy atom. The number of aryl methyl sites for hydroxylation is 3. The summed E-state index contributed by atoms with van der Waals surface area (Å²) in [6.07, 6.45) is 3.75. The molecule has 1 aliphatic rings. The standard InChI is InChI=1S/C23H26N6O/c1-14-5-6-24-13-19(14)18-11-17(21-15(2)27-30-16(21)3)12-20-22(18)26-23(25-20)29-9-7-28(4)8-10-29/h5-6,11-13H,7-10H2,1-4H3,(H,25,26). The van der Waals surface area contributed by atoms with Gasteiger partial charge in [0.2, 0.25) is 5.95 Å². The smallest absolute Gasteiger partial charge is 0.203 e. The third kappa shape index (κ3) is 3.15. The van der Waals surface area contributed by atoms with Gasteiger partial charge in [-0.2, -0.15) is 0 Å². The molecule has 1 fully saturated rings. The van der Waals surface area contributed by atoms with E-state index in [0.29, 0.717) is 0 Å². The highest BCUT2D eigenvalue weighted by molar-refractivity contribution is 5.98. The van der Waals surface area contributed by atoms with E-state index in [0.717, 1.165) is 76.9 Å². The average Bonchev–Trinajstić information content (AvgIpc) is 3.31. The number of anilines is 1. The van der Waals surface area contributed by atoms with Gasteiger partial charge in [-0.3, -0.25) is 4.98 Å². The summed E-state index contributed by atoms with van der Waals surface area (Å²) < 4.78 is 5.44. The lowest BCUT2D eigenvalue weighted by molar-refractivity contribution is 0.311. The second-order valence-corrected chi connectivity index (χ2v) is 8.16. The average molecular weight is 403 g/mol. The first-order valence-corrected chi connectivity index (χ1v) is 10.3. The summed E-state index contributed by atoms with van der Waals surface area (Å²) in [4.78, 5) is 17.7. The fourth-order valence-electron chi connectivity index (χ4n) is 4.26. The van der Waals surface area contributed by atoms with Crippen LogP contribution in [0.25, 0.3) is 33.3 Å². The van der Waals surface area contributed by atoms with E-state index in [-0.39, 0.29) is 0 Å². The zero-order chi connectivity index (χ0) is 20.8. The number of H-pyrrole nitrogens is 1. The van der Waals surface area contributed by atoms with Gasteiger partial charge in [0.05, 0.1) is 16.7 Å². The van der Waals surface area contributed by atoms with Gasteiger partial charge in [-0.15, -0.1) is 0 Å². The first-order valence-electron chi connectivity index (χ1n) is 10.3. The van der Waals surface area contributed by atoms with Crippen LogP contribution in [0.3, 0.4) is 0 Å². The molecule has 0 amide bonds. The molecule has 0 unspecified atom stereocenters. The summed E-state index contributed by atoms with van der Waals surface area (Å²) in [5.41, 5.74) is 8.32. The van der Waals surface area contributed by atoms with Crippen molar-refractivity contribution in [2.75, 3.05) is 38.1 Å². The van der Waals surface area contributed by atoms with Crippen molar-refractivity contribution in [1.82, 2.24) is 25.0 Å². The van der Waals surface area contributed by atoms with Crippen molar-refractivity contribution < 1.29 is 4.52 Å². The first-order chi connectivity index (χ1) is 14.5. The van der Waals surface area contributed by atoms with Crippen LogP contribution in [0.1, 0.15) is 17.0 Å². The zero-order valence-electron chi connectivity index (χ0n) is 17.9. The molecule has 30 heavy (non-hydrogen) atoms. The number of rotatable bonds is 3. The Bertz CT molecular complexity index is 1200. The Labute approximate surface area is 175 Å². The summed E-state index contributed by atoms with van der Waals surface area (Å²) in [7, 11) is 2.16. The molecule has 5 rings (SSSR count). The molecular formula is C23H26N6O. The monoisotopic (exact) mass is 402 g/mol. The molecule has 0 saturated carbocycles. The molecule has 1 aromatic carbocycles. The van der Waals surface area contributed by atoms with Gasteiger partial charge in [-0.05, 0) is 57.1 Å². The molecular weight excluding hydrogens is 376 g/mol. The molecule has 0 atom stereocenters. The topological polar surface area (TPSA) is 74.1 Å². The van der Waals surface area contributed by atoms with E-state index in [2.05, 4.69) is 51.0 Å². The summed E-state index contributed by atoms with van der Waals surface area (Å²) >= 11 is 0. The Kier molecular flexibility index (Phi) is 4.55. The maximum atomic E-state index is 5.44. The van der Waals surface area contributed by atoms with E-state index in [1.807, 2.05) is 32.3 Å². The largest absolute Gasteiger partial charge is 0.361 e. The molecule has 1 aliphatic heterocycles. The highest BCUT2D eigenvalue weighted by Crippen LogP contribution is 2.37. The summed E-state index contributed by atoms with van der Waals surface area (Å²) in [5, 5.41) is 4.15. The molecule has 4 aromatic rings. The summed E-state index contributed by atoms with van der Waals surface area (Å²) in [6, 6.07) is 6.38. The molecule has 7 nitrogen and oxygen atoms in total. The van der Waals surface area contributed by atoms with Gasteiger partial charge in [-0.1, -0.05) is 5.16 Å². The molecule has 1 saturated heterocycles. The number of nitrogens with one attached hydrogen (secondary N) is 1. The van der Waals surface area contributed by atoms with Crippen molar-refractivity contribution in [2.45, 2.75) is 20.8 Å². The van der Waals surface area contributed by atoms with Gasteiger partial charge < -0.3 is 19.3 Å². The second kappa shape index (κ2) is 7.25. The van der Waals surface area contributed by atoms with E-state index in [4.69, 9.17) is 9.51 Å². The number of hydrogen-bond acceptors (Lipinski definition) is 6. The van der Waals surface area contributed by atoms with Gasteiger partial charge >= 0.3 is 0 Å². The number of pyridine rings is 1. The van der Waals surface area contributed by atoms with E-state index in [1.54, 1.807) is 0 Å². The van der Waals surface area contributed by atoms with Gasteiger partial charge in [0.15, 0.2) is 0 Å². The van der Waals surface area contributed by atoms with E-state index in [1.165, 1.54) is 5.56 Å².